The van der Waals surface area contributed by atoms with E-state index in [9.17, 15) is 13.6 Å². The SMILES string of the molecule is COc1ccc(CCNC(=O)c2ccc3ccccc3c2)cc1OC(F)F. The molecule has 3 rings (SSSR count). The van der Waals surface area contributed by atoms with Gasteiger partial charge < -0.3 is 14.8 Å². The van der Waals surface area contributed by atoms with Gasteiger partial charge in [0.25, 0.3) is 5.91 Å². The van der Waals surface area contributed by atoms with Crippen molar-refractivity contribution in [2.75, 3.05) is 13.7 Å². The van der Waals surface area contributed by atoms with E-state index in [0.717, 1.165) is 16.3 Å². The second-order valence-corrected chi connectivity index (χ2v) is 5.93. The number of amides is 1. The number of carbonyl (C=O) groups is 1. The highest BCUT2D eigenvalue weighted by Crippen LogP contribution is 2.29. The Balaban J connectivity index is 1.62. The van der Waals surface area contributed by atoms with Crippen molar-refractivity contribution in [1.82, 2.24) is 5.32 Å². The summed E-state index contributed by atoms with van der Waals surface area (Å²) in [5, 5.41) is 4.90. The third kappa shape index (κ3) is 4.73. The van der Waals surface area contributed by atoms with Gasteiger partial charge in [-0.05, 0) is 47.0 Å². The summed E-state index contributed by atoms with van der Waals surface area (Å²) in [6.07, 6.45) is 0.475. The Bertz CT molecular complexity index is 944. The maximum atomic E-state index is 12.5. The molecule has 0 bridgehead atoms. The number of alkyl halides is 2. The maximum Gasteiger partial charge on any atom is 0.387 e. The Labute approximate surface area is 155 Å². The van der Waals surface area contributed by atoms with Crippen LogP contribution in [0.25, 0.3) is 10.8 Å². The highest BCUT2D eigenvalue weighted by Gasteiger charge is 2.12. The normalized spacial score (nSPS) is 10.8. The van der Waals surface area contributed by atoms with Crippen molar-refractivity contribution in [1.29, 1.82) is 0 Å². The number of hydrogen-bond donors (Lipinski definition) is 1. The third-order valence-corrected chi connectivity index (χ3v) is 4.15. The van der Waals surface area contributed by atoms with E-state index in [-0.39, 0.29) is 17.4 Å². The number of rotatable bonds is 7. The smallest absolute Gasteiger partial charge is 0.387 e. The molecule has 0 fully saturated rings. The van der Waals surface area contributed by atoms with Gasteiger partial charge in [-0.15, -0.1) is 0 Å². The lowest BCUT2D eigenvalue weighted by molar-refractivity contribution is -0.0512. The summed E-state index contributed by atoms with van der Waals surface area (Å²) in [5.74, 6) is 0.0309. The standard InChI is InChI=1S/C21H19F2NO3/c1-26-18-9-6-14(12-19(18)27-21(22)23)10-11-24-20(25)17-8-7-15-4-2-3-5-16(15)13-17/h2-9,12-13,21H,10-11H2,1H3,(H,24,25). The molecule has 0 heterocycles. The summed E-state index contributed by atoms with van der Waals surface area (Å²) in [6, 6.07) is 18.1. The van der Waals surface area contributed by atoms with Gasteiger partial charge in [0.05, 0.1) is 7.11 Å². The van der Waals surface area contributed by atoms with E-state index in [1.54, 1.807) is 18.2 Å². The zero-order chi connectivity index (χ0) is 19.2. The number of ether oxygens (including phenoxy) is 2. The van der Waals surface area contributed by atoms with Crippen LogP contribution >= 0.6 is 0 Å². The molecule has 1 amide bonds. The molecule has 3 aromatic carbocycles. The molecule has 0 atom stereocenters. The lowest BCUT2D eigenvalue weighted by Gasteiger charge is -2.12. The number of methoxy groups -OCH3 is 1. The summed E-state index contributed by atoms with van der Waals surface area (Å²) < 4.78 is 34.5. The van der Waals surface area contributed by atoms with Crippen LogP contribution < -0.4 is 14.8 Å². The zero-order valence-corrected chi connectivity index (χ0v) is 14.7. The first-order chi connectivity index (χ1) is 13.1. The molecule has 1 N–H and O–H groups in total. The van der Waals surface area contributed by atoms with Gasteiger partial charge in [-0.25, -0.2) is 0 Å². The molecule has 0 saturated carbocycles. The van der Waals surface area contributed by atoms with Crippen molar-refractivity contribution in [2.45, 2.75) is 13.0 Å². The van der Waals surface area contributed by atoms with Crippen LogP contribution in [0.5, 0.6) is 11.5 Å². The molecular formula is C21H19F2NO3. The first kappa shape index (κ1) is 18.6. The molecule has 0 aliphatic heterocycles. The van der Waals surface area contributed by atoms with Crippen LogP contribution in [0.2, 0.25) is 0 Å². The number of fused-ring (bicyclic) bond motifs is 1. The highest BCUT2D eigenvalue weighted by molar-refractivity contribution is 5.98. The van der Waals surface area contributed by atoms with E-state index >= 15 is 0 Å². The van der Waals surface area contributed by atoms with Gasteiger partial charge in [0.15, 0.2) is 11.5 Å². The van der Waals surface area contributed by atoms with Crippen molar-refractivity contribution in [3.05, 3.63) is 71.8 Å². The largest absolute Gasteiger partial charge is 0.493 e. The van der Waals surface area contributed by atoms with Crippen LogP contribution in [0.1, 0.15) is 15.9 Å². The first-order valence-electron chi connectivity index (χ1n) is 8.45. The van der Waals surface area contributed by atoms with Crippen LogP contribution in [-0.4, -0.2) is 26.2 Å². The molecule has 27 heavy (non-hydrogen) atoms. The van der Waals surface area contributed by atoms with Crippen molar-refractivity contribution < 1.29 is 23.0 Å². The van der Waals surface area contributed by atoms with E-state index in [1.807, 2.05) is 36.4 Å². The fourth-order valence-corrected chi connectivity index (χ4v) is 2.82. The fraction of sp³-hybridized carbons (Fsp3) is 0.190. The van der Waals surface area contributed by atoms with Crippen LogP contribution in [0.4, 0.5) is 8.78 Å². The van der Waals surface area contributed by atoms with Gasteiger partial charge in [-0.3, -0.25) is 4.79 Å². The Morgan fingerprint density at radius 2 is 1.78 bits per heavy atom. The quantitative estimate of drug-likeness (QED) is 0.669. The predicted molar refractivity (Wildman–Crippen MR) is 99.6 cm³/mol. The van der Waals surface area contributed by atoms with Crippen molar-refractivity contribution in [2.24, 2.45) is 0 Å². The molecule has 0 radical (unpaired) electrons. The maximum absolute atomic E-state index is 12.5. The Hall–Kier alpha value is -3.15. The molecule has 140 valence electrons. The minimum Gasteiger partial charge on any atom is -0.493 e. The zero-order valence-electron chi connectivity index (χ0n) is 14.7. The predicted octanol–water partition coefficient (Wildman–Crippen LogP) is 4.42. The number of halogens is 2. The summed E-state index contributed by atoms with van der Waals surface area (Å²) in [7, 11) is 1.39. The van der Waals surface area contributed by atoms with Gasteiger partial charge in [0.1, 0.15) is 0 Å². The summed E-state index contributed by atoms with van der Waals surface area (Å²) in [6.45, 7) is -2.56. The molecular weight excluding hydrogens is 352 g/mol. The molecule has 6 heteroatoms. The van der Waals surface area contributed by atoms with E-state index in [2.05, 4.69) is 10.1 Å². The monoisotopic (exact) mass is 371 g/mol. The van der Waals surface area contributed by atoms with Crippen molar-refractivity contribution >= 4 is 16.7 Å². The van der Waals surface area contributed by atoms with Crippen LogP contribution in [0.15, 0.2) is 60.7 Å². The first-order valence-corrected chi connectivity index (χ1v) is 8.45. The summed E-state index contributed by atoms with van der Waals surface area (Å²) >= 11 is 0. The molecule has 0 aromatic heterocycles. The van der Waals surface area contributed by atoms with Crippen LogP contribution in [0.3, 0.4) is 0 Å². The Morgan fingerprint density at radius 3 is 2.52 bits per heavy atom. The average molecular weight is 371 g/mol. The Morgan fingerprint density at radius 1 is 1.00 bits per heavy atom. The fourth-order valence-electron chi connectivity index (χ4n) is 2.82. The van der Waals surface area contributed by atoms with Crippen molar-refractivity contribution in [3.8, 4) is 11.5 Å². The van der Waals surface area contributed by atoms with Gasteiger partial charge >= 0.3 is 6.61 Å². The number of hydrogen-bond acceptors (Lipinski definition) is 3. The van der Waals surface area contributed by atoms with E-state index in [0.29, 0.717) is 18.5 Å². The molecule has 3 aromatic rings. The second-order valence-electron chi connectivity index (χ2n) is 5.93. The summed E-state index contributed by atoms with van der Waals surface area (Å²) in [5.41, 5.74) is 1.33. The van der Waals surface area contributed by atoms with Crippen molar-refractivity contribution in [3.63, 3.8) is 0 Å². The van der Waals surface area contributed by atoms with E-state index < -0.39 is 6.61 Å². The molecule has 0 unspecified atom stereocenters. The number of benzene rings is 3. The van der Waals surface area contributed by atoms with E-state index in [4.69, 9.17) is 4.74 Å². The van der Waals surface area contributed by atoms with Gasteiger partial charge in [0.2, 0.25) is 0 Å². The molecule has 0 spiro atoms. The van der Waals surface area contributed by atoms with Gasteiger partial charge in [-0.2, -0.15) is 8.78 Å². The van der Waals surface area contributed by atoms with Crippen LogP contribution in [0, 0.1) is 0 Å². The summed E-state index contributed by atoms with van der Waals surface area (Å²) in [4.78, 5) is 12.3. The molecule has 4 nitrogen and oxygen atoms in total. The van der Waals surface area contributed by atoms with E-state index in [1.165, 1.54) is 13.2 Å². The van der Waals surface area contributed by atoms with Gasteiger partial charge in [0, 0.05) is 12.1 Å². The lowest BCUT2D eigenvalue weighted by Crippen LogP contribution is -2.25. The minimum absolute atomic E-state index is 0.0224. The number of nitrogens with one attached hydrogen (secondary N) is 1. The topological polar surface area (TPSA) is 47.6 Å². The highest BCUT2D eigenvalue weighted by atomic mass is 19.3. The third-order valence-electron chi connectivity index (χ3n) is 4.15. The van der Waals surface area contributed by atoms with Crippen LogP contribution in [-0.2, 0) is 6.42 Å². The second kappa shape index (κ2) is 8.49. The minimum atomic E-state index is -2.93. The van der Waals surface area contributed by atoms with Gasteiger partial charge in [-0.1, -0.05) is 36.4 Å². The number of carbonyl (C=O) groups excluding carboxylic acids is 1. The average Bonchev–Trinajstić information content (AvgIpc) is 2.67. The lowest BCUT2D eigenvalue weighted by atomic mass is 10.1. The Kier molecular flexibility index (Phi) is 5.86. The molecule has 0 aliphatic carbocycles. The molecule has 0 saturated heterocycles. The molecule has 0 aliphatic rings.